The van der Waals surface area contributed by atoms with Crippen LogP contribution in [0, 0.1) is 13.8 Å². The molecular weight excluding hydrogens is 218 g/mol. The fourth-order valence-electron chi connectivity index (χ4n) is 2.07. The largest absolute Gasteiger partial charge is 0.507 e. The van der Waals surface area contributed by atoms with E-state index in [1.54, 1.807) is 17.9 Å². The Labute approximate surface area is 100 Å². The fraction of sp³-hybridized carbons (Fsp3) is 0.462. The summed E-state index contributed by atoms with van der Waals surface area (Å²) in [5.41, 5.74) is 2.01. The van der Waals surface area contributed by atoms with Gasteiger partial charge in [0.15, 0.2) is 0 Å². The third kappa shape index (κ3) is 2.13. The van der Waals surface area contributed by atoms with Gasteiger partial charge in [-0.3, -0.25) is 4.79 Å². The number of carbonyl (C=O) groups is 1. The Balaban J connectivity index is 2.29. The van der Waals surface area contributed by atoms with E-state index in [0.29, 0.717) is 25.1 Å². The monoisotopic (exact) mass is 235 g/mol. The number of rotatable bonds is 1. The average molecular weight is 235 g/mol. The summed E-state index contributed by atoms with van der Waals surface area (Å²) in [6.45, 7) is 4.58. The summed E-state index contributed by atoms with van der Waals surface area (Å²) in [4.78, 5) is 13.7. The number of aryl methyl sites for hydroxylation is 1. The van der Waals surface area contributed by atoms with Crippen LogP contribution in [-0.4, -0.2) is 40.2 Å². The number of benzene rings is 1. The van der Waals surface area contributed by atoms with Gasteiger partial charge in [0.2, 0.25) is 0 Å². The van der Waals surface area contributed by atoms with E-state index in [-0.39, 0.29) is 11.7 Å². The number of aliphatic hydroxyl groups is 1. The fourth-order valence-corrected chi connectivity index (χ4v) is 2.07. The molecule has 1 saturated heterocycles. The van der Waals surface area contributed by atoms with Crippen LogP contribution < -0.4 is 0 Å². The lowest BCUT2D eigenvalue weighted by Crippen LogP contribution is -2.29. The SMILES string of the molecule is Cc1ccc(C(=O)N2CC[C@@H](O)C2)c(O)c1C. The molecule has 4 nitrogen and oxygen atoms in total. The molecule has 1 fully saturated rings. The maximum absolute atomic E-state index is 12.1. The molecule has 1 amide bonds. The summed E-state index contributed by atoms with van der Waals surface area (Å²) in [5.74, 6) is -0.154. The molecule has 0 aromatic heterocycles. The first-order valence-corrected chi connectivity index (χ1v) is 5.77. The second-order valence-corrected chi connectivity index (χ2v) is 4.60. The van der Waals surface area contributed by atoms with Gasteiger partial charge in [0.05, 0.1) is 11.7 Å². The zero-order valence-corrected chi connectivity index (χ0v) is 10.1. The Morgan fingerprint density at radius 3 is 2.71 bits per heavy atom. The summed E-state index contributed by atoms with van der Waals surface area (Å²) >= 11 is 0. The van der Waals surface area contributed by atoms with Gasteiger partial charge in [0, 0.05) is 13.1 Å². The van der Waals surface area contributed by atoms with Crippen LogP contribution >= 0.6 is 0 Å². The molecule has 0 bridgehead atoms. The summed E-state index contributed by atoms with van der Waals surface area (Å²) in [6.07, 6.45) is 0.171. The Kier molecular flexibility index (Phi) is 3.07. The molecule has 0 radical (unpaired) electrons. The van der Waals surface area contributed by atoms with E-state index < -0.39 is 6.10 Å². The van der Waals surface area contributed by atoms with Crippen LogP contribution in [-0.2, 0) is 0 Å². The first kappa shape index (κ1) is 11.9. The molecule has 1 atom stereocenters. The second kappa shape index (κ2) is 4.37. The predicted octanol–water partition coefficient (Wildman–Crippen LogP) is 1.22. The van der Waals surface area contributed by atoms with Crippen molar-refractivity contribution in [1.29, 1.82) is 0 Å². The van der Waals surface area contributed by atoms with Gasteiger partial charge in [-0.1, -0.05) is 6.07 Å². The van der Waals surface area contributed by atoms with Crippen molar-refractivity contribution in [3.05, 3.63) is 28.8 Å². The highest BCUT2D eigenvalue weighted by atomic mass is 16.3. The first-order valence-electron chi connectivity index (χ1n) is 5.77. The number of amides is 1. The molecule has 1 aliphatic heterocycles. The van der Waals surface area contributed by atoms with Crippen molar-refractivity contribution in [3.8, 4) is 5.75 Å². The maximum atomic E-state index is 12.1. The number of phenolic OH excluding ortho intramolecular Hbond substituents is 1. The molecule has 0 saturated carbocycles. The van der Waals surface area contributed by atoms with Crippen molar-refractivity contribution in [2.45, 2.75) is 26.4 Å². The van der Waals surface area contributed by atoms with E-state index in [0.717, 1.165) is 11.1 Å². The van der Waals surface area contributed by atoms with Crippen LogP contribution in [0.4, 0.5) is 0 Å². The van der Waals surface area contributed by atoms with Gasteiger partial charge in [0.25, 0.3) is 5.91 Å². The Hall–Kier alpha value is -1.55. The van der Waals surface area contributed by atoms with E-state index in [9.17, 15) is 15.0 Å². The van der Waals surface area contributed by atoms with Crippen LogP contribution in [0.25, 0.3) is 0 Å². The van der Waals surface area contributed by atoms with Crippen LogP contribution in [0.5, 0.6) is 5.75 Å². The second-order valence-electron chi connectivity index (χ2n) is 4.60. The Bertz CT molecular complexity index is 456. The van der Waals surface area contributed by atoms with Crippen LogP contribution in [0.1, 0.15) is 27.9 Å². The molecule has 1 heterocycles. The van der Waals surface area contributed by atoms with Crippen LogP contribution in [0.3, 0.4) is 0 Å². The Morgan fingerprint density at radius 1 is 1.41 bits per heavy atom. The molecule has 1 aromatic rings. The van der Waals surface area contributed by atoms with E-state index in [4.69, 9.17) is 0 Å². The minimum absolute atomic E-state index is 0.0522. The lowest BCUT2D eigenvalue weighted by molar-refractivity contribution is 0.0762. The van der Waals surface area contributed by atoms with Crippen molar-refractivity contribution in [1.82, 2.24) is 4.90 Å². The van der Waals surface area contributed by atoms with Crippen molar-refractivity contribution >= 4 is 5.91 Å². The molecule has 92 valence electrons. The van der Waals surface area contributed by atoms with Crippen molar-refractivity contribution in [3.63, 3.8) is 0 Å². The number of hydrogen-bond acceptors (Lipinski definition) is 3. The van der Waals surface area contributed by atoms with E-state index in [2.05, 4.69) is 0 Å². The number of hydrogen-bond donors (Lipinski definition) is 2. The Morgan fingerprint density at radius 2 is 2.12 bits per heavy atom. The zero-order chi connectivity index (χ0) is 12.6. The summed E-state index contributed by atoms with van der Waals surface area (Å²) in [6, 6.07) is 3.47. The third-order valence-electron chi connectivity index (χ3n) is 3.38. The minimum Gasteiger partial charge on any atom is -0.507 e. The predicted molar refractivity (Wildman–Crippen MR) is 64.1 cm³/mol. The van der Waals surface area contributed by atoms with Crippen LogP contribution in [0.15, 0.2) is 12.1 Å². The molecule has 0 spiro atoms. The highest BCUT2D eigenvalue weighted by Gasteiger charge is 2.27. The highest BCUT2D eigenvalue weighted by molar-refractivity contribution is 5.97. The van der Waals surface area contributed by atoms with E-state index >= 15 is 0 Å². The molecule has 0 aliphatic carbocycles. The summed E-state index contributed by atoms with van der Waals surface area (Å²) < 4.78 is 0. The van der Waals surface area contributed by atoms with E-state index in [1.807, 2.05) is 13.0 Å². The molecular formula is C13H17NO3. The number of nitrogens with zero attached hydrogens (tertiary/aromatic N) is 1. The summed E-state index contributed by atoms with van der Waals surface area (Å²) in [7, 11) is 0. The topological polar surface area (TPSA) is 60.8 Å². The smallest absolute Gasteiger partial charge is 0.257 e. The molecule has 4 heteroatoms. The standard InChI is InChI=1S/C13H17NO3/c1-8-3-4-11(12(16)9(8)2)13(17)14-6-5-10(15)7-14/h3-4,10,15-16H,5-7H2,1-2H3/t10-/m1/s1. The average Bonchev–Trinajstić information content (AvgIpc) is 2.72. The van der Waals surface area contributed by atoms with Crippen molar-refractivity contribution in [2.75, 3.05) is 13.1 Å². The molecule has 17 heavy (non-hydrogen) atoms. The molecule has 0 unspecified atom stereocenters. The summed E-state index contributed by atoms with van der Waals surface area (Å²) in [5, 5.41) is 19.4. The third-order valence-corrected chi connectivity index (χ3v) is 3.38. The van der Waals surface area contributed by atoms with Gasteiger partial charge in [-0.05, 0) is 37.5 Å². The van der Waals surface area contributed by atoms with Crippen molar-refractivity contribution in [2.24, 2.45) is 0 Å². The minimum atomic E-state index is -0.437. The maximum Gasteiger partial charge on any atom is 0.257 e. The van der Waals surface area contributed by atoms with Gasteiger partial charge in [-0.25, -0.2) is 0 Å². The molecule has 2 rings (SSSR count). The lowest BCUT2D eigenvalue weighted by atomic mass is 10.0. The molecule has 1 aromatic carbocycles. The normalized spacial score (nSPS) is 19.7. The first-order chi connectivity index (χ1) is 8.00. The number of phenols is 1. The van der Waals surface area contributed by atoms with Gasteiger partial charge < -0.3 is 15.1 Å². The van der Waals surface area contributed by atoms with Gasteiger partial charge in [0.1, 0.15) is 5.75 Å². The lowest BCUT2D eigenvalue weighted by Gasteiger charge is -2.17. The number of β-amino-alcohol motifs (C(OH)–C–C–N with tert-alkyl or cyclic N) is 1. The van der Waals surface area contributed by atoms with Gasteiger partial charge in [-0.15, -0.1) is 0 Å². The number of aliphatic hydroxyl groups excluding tert-OH is 1. The van der Waals surface area contributed by atoms with Gasteiger partial charge >= 0.3 is 0 Å². The van der Waals surface area contributed by atoms with Crippen molar-refractivity contribution < 1.29 is 15.0 Å². The van der Waals surface area contributed by atoms with Crippen LogP contribution in [0.2, 0.25) is 0 Å². The number of aromatic hydroxyl groups is 1. The molecule has 2 N–H and O–H groups in total. The van der Waals surface area contributed by atoms with E-state index in [1.165, 1.54) is 0 Å². The number of likely N-dealkylation sites (tertiary alicyclic amines) is 1. The number of carbonyl (C=O) groups excluding carboxylic acids is 1. The zero-order valence-electron chi connectivity index (χ0n) is 10.1. The van der Waals surface area contributed by atoms with Gasteiger partial charge in [-0.2, -0.15) is 0 Å². The highest BCUT2D eigenvalue weighted by Crippen LogP contribution is 2.27. The quantitative estimate of drug-likeness (QED) is 0.769. The molecule has 1 aliphatic rings.